The van der Waals surface area contributed by atoms with Crippen LogP contribution in [0.15, 0.2) is 29.1 Å². The maximum atomic E-state index is 12.9. The highest BCUT2D eigenvalue weighted by Gasteiger charge is 2.29. The molecule has 0 radical (unpaired) electrons. The number of nitriles is 1. The quantitative estimate of drug-likeness (QED) is 0.596. The molecule has 1 aromatic heterocycles. The number of methoxy groups -OCH3 is 2. The lowest BCUT2D eigenvalue weighted by Crippen LogP contribution is -2.36. The first-order valence-corrected chi connectivity index (χ1v) is 9.83. The maximum absolute atomic E-state index is 12.9. The summed E-state index contributed by atoms with van der Waals surface area (Å²) in [7, 11) is 2.91. The van der Waals surface area contributed by atoms with Gasteiger partial charge in [0.2, 0.25) is 0 Å². The number of carbonyl (C=O) groups excluding carboxylic acids is 1. The van der Waals surface area contributed by atoms with Crippen molar-refractivity contribution in [2.24, 2.45) is 0 Å². The molecule has 2 rings (SSSR count). The van der Waals surface area contributed by atoms with Gasteiger partial charge in [0.1, 0.15) is 10.7 Å². The van der Waals surface area contributed by atoms with Gasteiger partial charge in [-0.2, -0.15) is 18.4 Å². The average molecular weight is 455 g/mol. The van der Waals surface area contributed by atoms with Gasteiger partial charge in [0.05, 0.1) is 29.9 Å². The molecule has 2 aromatic rings. The van der Waals surface area contributed by atoms with Crippen LogP contribution < -0.4 is 20.1 Å². The second-order valence-corrected chi connectivity index (χ2v) is 7.25. The van der Waals surface area contributed by atoms with E-state index in [0.717, 1.165) is 23.5 Å². The van der Waals surface area contributed by atoms with Crippen molar-refractivity contribution in [3.8, 4) is 6.07 Å². The smallest absolute Gasteiger partial charge is 0.383 e. The summed E-state index contributed by atoms with van der Waals surface area (Å²) in [6, 6.07) is 6.15. The minimum atomic E-state index is -4.46. The van der Waals surface area contributed by atoms with Crippen molar-refractivity contribution in [2.45, 2.75) is 12.7 Å². The van der Waals surface area contributed by atoms with Gasteiger partial charge in [0, 0.05) is 20.8 Å². The first-order valence-electron chi connectivity index (χ1n) is 9.02. The Bertz CT molecular complexity index is 1130. The molecule has 0 aliphatic carbocycles. The molecule has 0 spiro atoms. The Balaban J connectivity index is 2.59. The third-order valence-electron chi connectivity index (χ3n) is 4.11. The zero-order chi connectivity index (χ0) is 23.0. The van der Waals surface area contributed by atoms with Crippen LogP contribution in [-0.4, -0.2) is 44.5 Å². The van der Waals surface area contributed by atoms with Crippen molar-refractivity contribution in [3.05, 3.63) is 54.9 Å². The number of aromatic nitrogens is 1. The SMILES string of the molecule is COCCNC(=O)/C(C#N)=c1\s/c(=C\c2ccc(C(F)(F)F)cc2)c(=O)n1CCOC. The fraction of sp³-hybridized carbons (Fsp3) is 0.350. The molecule has 11 heteroatoms. The number of benzene rings is 1. The van der Waals surface area contributed by atoms with Crippen LogP contribution in [0.4, 0.5) is 13.2 Å². The summed E-state index contributed by atoms with van der Waals surface area (Å²) < 4.78 is 49.7. The largest absolute Gasteiger partial charge is 0.416 e. The van der Waals surface area contributed by atoms with Gasteiger partial charge in [-0.15, -0.1) is 11.3 Å². The summed E-state index contributed by atoms with van der Waals surface area (Å²) in [5.74, 6) is -0.659. The number of hydrogen-bond donors (Lipinski definition) is 1. The molecule has 0 saturated carbocycles. The molecule has 0 bridgehead atoms. The van der Waals surface area contributed by atoms with E-state index < -0.39 is 23.2 Å². The number of thiazole rings is 1. The normalized spacial score (nSPS) is 13.1. The van der Waals surface area contributed by atoms with E-state index in [2.05, 4.69) is 5.32 Å². The summed E-state index contributed by atoms with van der Waals surface area (Å²) in [6.45, 7) is 0.683. The van der Waals surface area contributed by atoms with Gasteiger partial charge >= 0.3 is 6.18 Å². The van der Waals surface area contributed by atoms with Crippen LogP contribution in [0.1, 0.15) is 11.1 Å². The Kier molecular flexibility index (Phi) is 8.56. The Labute approximate surface area is 179 Å². The van der Waals surface area contributed by atoms with Crippen LogP contribution in [0.2, 0.25) is 0 Å². The number of rotatable bonds is 8. The van der Waals surface area contributed by atoms with Gasteiger partial charge in [0.15, 0.2) is 5.57 Å². The van der Waals surface area contributed by atoms with Crippen LogP contribution in [0.5, 0.6) is 0 Å². The number of nitrogens with zero attached hydrogens (tertiary/aromatic N) is 2. The molecular formula is C20H20F3N3O4S. The predicted molar refractivity (Wildman–Crippen MR) is 109 cm³/mol. The van der Waals surface area contributed by atoms with E-state index in [4.69, 9.17) is 9.47 Å². The second kappa shape index (κ2) is 10.9. The predicted octanol–water partition coefficient (Wildman–Crippen LogP) is 0.841. The van der Waals surface area contributed by atoms with Crippen LogP contribution in [0.3, 0.4) is 0 Å². The summed E-state index contributed by atoms with van der Waals surface area (Å²) in [4.78, 5) is 25.3. The molecule has 0 aliphatic heterocycles. The topological polar surface area (TPSA) is 93.4 Å². The van der Waals surface area contributed by atoms with Crippen LogP contribution >= 0.6 is 11.3 Å². The Morgan fingerprint density at radius 1 is 1.23 bits per heavy atom. The van der Waals surface area contributed by atoms with E-state index in [-0.39, 0.29) is 41.1 Å². The summed E-state index contributed by atoms with van der Waals surface area (Å²) in [5.41, 5.74) is -1.16. The lowest BCUT2D eigenvalue weighted by molar-refractivity contribution is -0.137. The first-order chi connectivity index (χ1) is 14.7. The number of ether oxygens (including phenoxy) is 2. The summed E-state index contributed by atoms with van der Waals surface area (Å²) in [5, 5.41) is 12.1. The van der Waals surface area contributed by atoms with E-state index in [9.17, 15) is 28.0 Å². The van der Waals surface area contributed by atoms with Gasteiger partial charge < -0.3 is 14.8 Å². The summed E-state index contributed by atoms with van der Waals surface area (Å²) in [6.07, 6.45) is -3.05. The number of hydrogen-bond acceptors (Lipinski definition) is 6. The van der Waals surface area contributed by atoms with E-state index in [1.165, 1.54) is 37.0 Å². The van der Waals surface area contributed by atoms with Gasteiger partial charge in [-0.05, 0) is 23.8 Å². The van der Waals surface area contributed by atoms with E-state index >= 15 is 0 Å². The van der Waals surface area contributed by atoms with Crippen molar-refractivity contribution < 1.29 is 27.4 Å². The fourth-order valence-electron chi connectivity index (χ4n) is 2.56. The number of alkyl halides is 3. The zero-order valence-corrected chi connectivity index (χ0v) is 17.6. The van der Waals surface area contributed by atoms with Gasteiger partial charge in [-0.3, -0.25) is 14.2 Å². The molecule has 0 fully saturated rings. The number of carbonyl (C=O) groups is 1. The van der Waals surface area contributed by atoms with E-state index in [1.807, 2.05) is 6.07 Å². The molecule has 0 unspecified atom stereocenters. The molecular weight excluding hydrogens is 435 g/mol. The highest BCUT2D eigenvalue weighted by atomic mass is 32.1. The summed E-state index contributed by atoms with van der Waals surface area (Å²) >= 11 is 0.907. The third kappa shape index (κ3) is 6.27. The minimum absolute atomic E-state index is 0.0958. The van der Waals surface area contributed by atoms with Crippen molar-refractivity contribution in [3.63, 3.8) is 0 Å². The molecule has 1 heterocycles. The molecule has 1 aromatic carbocycles. The fourth-order valence-corrected chi connectivity index (χ4v) is 3.69. The Morgan fingerprint density at radius 3 is 2.42 bits per heavy atom. The second-order valence-electron chi connectivity index (χ2n) is 6.22. The highest BCUT2D eigenvalue weighted by molar-refractivity contribution is 7.07. The van der Waals surface area contributed by atoms with Crippen LogP contribution in [-0.2, 0) is 27.0 Å². The monoisotopic (exact) mass is 455 g/mol. The lowest BCUT2D eigenvalue weighted by Gasteiger charge is -2.05. The van der Waals surface area contributed by atoms with Crippen molar-refractivity contribution in [1.82, 2.24) is 9.88 Å². The molecule has 31 heavy (non-hydrogen) atoms. The molecule has 1 N–H and O–H groups in total. The lowest BCUT2D eigenvalue weighted by atomic mass is 10.1. The average Bonchev–Trinajstić information content (AvgIpc) is 3.02. The van der Waals surface area contributed by atoms with Crippen LogP contribution in [0.25, 0.3) is 11.6 Å². The Morgan fingerprint density at radius 2 is 1.87 bits per heavy atom. The minimum Gasteiger partial charge on any atom is -0.383 e. The third-order valence-corrected chi connectivity index (χ3v) is 5.24. The van der Waals surface area contributed by atoms with Crippen molar-refractivity contribution in [2.75, 3.05) is 34.0 Å². The number of halogens is 3. The van der Waals surface area contributed by atoms with E-state index in [1.54, 1.807) is 0 Å². The molecule has 7 nitrogen and oxygen atoms in total. The molecule has 0 saturated heterocycles. The molecule has 0 aliphatic rings. The maximum Gasteiger partial charge on any atom is 0.416 e. The van der Waals surface area contributed by atoms with Gasteiger partial charge in [0.25, 0.3) is 11.5 Å². The van der Waals surface area contributed by atoms with Crippen molar-refractivity contribution in [1.29, 1.82) is 5.26 Å². The molecule has 0 atom stereocenters. The standard InChI is InChI=1S/C20H20F3N3O4S/c1-29-9-7-25-17(27)15(12-24)19-26(8-10-30-2)18(28)16(31-19)11-13-3-5-14(6-4-13)20(21,22)23/h3-6,11H,7-10H2,1-2H3,(H,25,27)/b16-11-,19-15-. The number of amides is 1. The van der Waals surface area contributed by atoms with Crippen LogP contribution in [0, 0.1) is 11.3 Å². The molecule has 166 valence electrons. The van der Waals surface area contributed by atoms with Gasteiger partial charge in [-0.1, -0.05) is 12.1 Å². The van der Waals surface area contributed by atoms with Crippen molar-refractivity contribution >= 4 is 28.9 Å². The zero-order valence-electron chi connectivity index (χ0n) is 16.8. The molecule has 1 amide bonds. The Hall–Kier alpha value is -2.94. The van der Waals surface area contributed by atoms with Gasteiger partial charge in [-0.25, -0.2) is 0 Å². The first kappa shape index (κ1) is 24.3. The highest BCUT2D eigenvalue weighted by Crippen LogP contribution is 2.29. The van der Waals surface area contributed by atoms with E-state index in [0.29, 0.717) is 5.56 Å². The number of nitrogens with one attached hydrogen (secondary N) is 1.